The molecule has 0 spiro atoms. The number of hydrogen-bond donors (Lipinski definition) is 2. The van der Waals surface area contributed by atoms with E-state index in [1.165, 1.54) is 24.5 Å². The summed E-state index contributed by atoms with van der Waals surface area (Å²) in [6.07, 6.45) is -5.22. The fourth-order valence-electron chi connectivity index (χ4n) is 2.00. The van der Waals surface area contributed by atoms with Gasteiger partial charge >= 0.3 is 18.1 Å². The van der Waals surface area contributed by atoms with E-state index in [9.17, 15) is 27.2 Å². The first kappa shape index (κ1) is 14.8. The molecule has 1 aromatic heterocycles. The maximum Gasteiger partial charge on any atom is 0.471 e. The van der Waals surface area contributed by atoms with Gasteiger partial charge in [0.2, 0.25) is 0 Å². The van der Waals surface area contributed by atoms with Crippen LogP contribution in [0.25, 0.3) is 10.9 Å². The zero-order valence-corrected chi connectivity index (χ0v) is 10.5. The number of carboxylic acids is 1. The Bertz CT molecular complexity index is 749. The Morgan fingerprint density at radius 2 is 1.90 bits per heavy atom. The lowest BCUT2D eigenvalue weighted by Crippen LogP contribution is -2.30. The molecule has 1 amide bonds. The molecule has 0 aliphatic carbocycles. The van der Waals surface area contributed by atoms with Crippen LogP contribution >= 0.6 is 0 Å². The number of aryl methyl sites for hydroxylation is 1. The third-order valence-electron chi connectivity index (χ3n) is 2.87. The number of nitrogens with zero attached hydrogens (tertiary/aromatic N) is 1. The zero-order valence-electron chi connectivity index (χ0n) is 10.5. The summed E-state index contributed by atoms with van der Waals surface area (Å²) < 4.78 is 51.7. The number of fused-ring (bicyclic) bond motifs is 1. The molecule has 2 aromatic rings. The monoisotopic (exact) mass is 304 g/mol. The Morgan fingerprint density at radius 3 is 2.43 bits per heavy atom. The average molecular weight is 304 g/mol. The summed E-state index contributed by atoms with van der Waals surface area (Å²) in [5.74, 6) is -4.90. The van der Waals surface area contributed by atoms with Crippen molar-refractivity contribution in [3.8, 4) is 0 Å². The maximum atomic E-state index is 13.8. The molecule has 0 bridgehead atoms. The average Bonchev–Trinajstić information content (AvgIpc) is 2.63. The molecule has 1 heterocycles. The number of hydrogen-bond acceptors (Lipinski definition) is 2. The van der Waals surface area contributed by atoms with Crippen LogP contribution in [0, 0.1) is 5.82 Å². The van der Waals surface area contributed by atoms with Crippen LogP contribution < -0.4 is 5.32 Å². The smallest absolute Gasteiger partial charge is 0.471 e. The van der Waals surface area contributed by atoms with Gasteiger partial charge in [-0.1, -0.05) is 6.07 Å². The number of benzene rings is 1. The van der Waals surface area contributed by atoms with Gasteiger partial charge in [0.1, 0.15) is 5.82 Å². The van der Waals surface area contributed by atoms with Gasteiger partial charge in [0, 0.05) is 7.05 Å². The van der Waals surface area contributed by atoms with Gasteiger partial charge in [-0.2, -0.15) is 13.2 Å². The quantitative estimate of drug-likeness (QED) is 0.837. The fourth-order valence-corrected chi connectivity index (χ4v) is 2.00. The Balaban J connectivity index is 2.74. The summed E-state index contributed by atoms with van der Waals surface area (Å²) in [6, 6.07) is 3.56. The summed E-state index contributed by atoms with van der Waals surface area (Å²) in [4.78, 5) is 22.2. The number of alkyl halides is 3. The van der Waals surface area contributed by atoms with E-state index in [4.69, 9.17) is 5.11 Å². The van der Waals surface area contributed by atoms with Gasteiger partial charge in [-0.15, -0.1) is 0 Å². The highest BCUT2D eigenvalue weighted by atomic mass is 19.4. The Kier molecular flexibility index (Phi) is 3.36. The second kappa shape index (κ2) is 4.76. The zero-order chi connectivity index (χ0) is 15.9. The Morgan fingerprint density at radius 1 is 1.29 bits per heavy atom. The van der Waals surface area contributed by atoms with Crippen molar-refractivity contribution in [2.75, 3.05) is 5.32 Å². The number of amides is 1. The first-order valence-corrected chi connectivity index (χ1v) is 5.53. The number of carbonyl (C=O) groups is 2. The van der Waals surface area contributed by atoms with Crippen molar-refractivity contribution in [3.05, 3.63) is 29.7 Å². The highest BCUT2D eigenvalue weighted by Gasteiger charge is 2.40. The number of carboxylic acid groups (broad SMARTS) is 1. The minimum Gasteiger partial charge on any atom is -0.477 e. The van der Waals surface area contributed by atoms with Crippen molar-refractivity contribution >= 4 is 28.5 Å². The summed E-state index contributed by atoms with van der Waals surface area (Å²) in [6.45, 7) is 0. The largest absolute Gasteiger partial charge is 0.477 e. The topological polar surface area (TPSA) is 71.3 Å². The molecular weight excluding hydrogens is 296 g/mol. The van der Waals surface area contributed by atoms with Gasteiger partial charge in [-0.05, 0) is 12.1 Å². The summed E-state index contributed by atoms with van der Waals surface area (Å²) >= 11 is 0. The van der Waals surface area contributed by atoms with Crippen LogP contribution in [0.1, 0.15) is 10.5 Å². The first-order valence-electron chi connectivity index (χ1n) is 5.53. The molecule has 0 atom stereocenters. The van der Waals surface area contributed by atoms with Crippen LogP contribution in [0.5, 0.6) is 0 Å². The van der Waals surface area contributed by atoms with Gasteiger partial charge < -0.3 is 15.0 Å². The number of nitrogens with one attached hydrogen (secondary N) is 1. The van der Waals surface area contributed by atoms with E-state index in [2.05, 4.69) is 0 Å². The molecule has 0 aliphatic heterocycles. The lowest BCUT2D eigenvalue weighted by Gasteiger charge is -2.08. The lowest BCUT2D eigenvalue weighted by molar-refractivity contribution is -0.167. The van der Waals surface area contributed by atoms with E-state index in [-0.39, 0.29) is 5.52 Å². The number of halogens is 4. The molecule has 0 aliphatic rings. The maximum absolute atomic E-state index is 13.8. The first-order chi connectivity index (χ1) is 9.64. The second-order valence-electron chi connectivity index (χ2n) is 4.17. The van der Waals surface area contributed by atoms with Crippen LogP contribution in [0.3, 0.4) is 0 Å². The molecular formula is C12H8F4N2O3. The molecule has 5 nitrogen and oxygen atoms in total. The third-order valence-corrected chi connectivity index (χ3v) is 2.87. The van der Waals surface area contributed by atoms with Crippen LogP contribution in [-0.4, -0.2) is 27.7 Å². The molecule has 21 heavy (non-hydrogen) atoms. The van der Waals surface area contributed by atoms with E-state index < -0.39 is 40.6 Å². The van der Waals surface area contributed by atoms with Crippen molar-refractivity contribution in [1.82, 2.24) is 4.57 Å². The molecule has 0 fully saturated rings. The molecule has 0 unspecified atom stereocenters. The summed E-state index contributed by atoms with van der Waals surface area (Å²) in [7, 11) is 1.24. The predicted octanol–water partition coefficient (Wildman–Crippen LogP) is 2.52. The third kappa shape index (κ3) is 2.41. The molecule has 0 saturated carbocycles. The summed E-state index contributed by atoms with van der Waals surface area (Å²) in [5, 5.41) is 10.1. The second-order valence-corrected chi connectivity index (χ2v) is 4.17. The van der Waals surface area contributed by atoms with Gasteiger partial charge in [0.15, 0.2) is 5.69 Å². The van der Waals surface area contributed by atoms with Crippen molar-refractivity contribution in [3.63, 3.8) is 0 Å². The normalized spacial score (nSPS) is 11.7. The Hall–Kier alpha value is -2.58. The van der Waals surface area contributed by atoms with Gasteiger partial charge in [-0.3, -0.25) is 4.79 Å². The van der Waals surface area contributed by atoms with E-state index in [0.717, 1.165) is 10.6 Å². The number of anilines is 1. The lowest BCUT2D eigenvalue weighted by atomic mass is 10.2. The van der Waals surface area contributed by atoms with Gasteiger partial charge in [0.25, 0.3) is 0 Å². The molecule has 2 rings (SSSR count). The van der Waals surface area contributed by atoms with E-state index in [1.54, 1.807) is 0 Å². The van der Waals surface area contributed by atoms with Crippen LogP contribution in [0.15, 0.2) is 18.2 Å². The van der Waals surface area contributed by atoms with Crippen molar-refractivity contribution in [2.45, 2.75) is 6.18 Å². The van der Waals surface area contributed by atoms with Crippen molar-refractivity contribution in [2.24, 2.45) is 7.05 Å². The van der Waals surface area contributed by atoms with Crippen LogP contribution in [-0.2, 0) is 11.8 Å². The molecule has 2 N–H and O–H groups in total. The van der Waals surface area contributed by atoms with Crippen LogP contribution in [0.4, 0.5) is 23.2 Å². The molecule has 112 valence electrons. The SMILES string of the molecule is Cn1c(C(=O)O)c(NC(=O)C(F)(F)F)c2c(F)cccc21. The van der Waals surface area contributed by atoms with Crippen molar-refractivity contribution in [1.29, 1.82) is 0 Å². The van der Waals surface area contributed by atoms with Gasteiger partial charge in [0.05, 0.1) is 16.6 Å². The predicted molar refractivity (Wildman–Crippen MR) is 64.5 cm³/mol. The number of aromatic carboxylic acids is 1. The minimum absolute atomic E-state index is 0.0462. The van der Waals surface area contributed by atoms with Gasteiger partial charge in [-0.25, -0.2) is 9.18 Å². The summed E-state index contributed by atoms with van der Waals surface area (Å²) in [5.41, 5.74) is -1.32. The van der Waals surface area contributed by atoms with E-state index in [0.29, 0.717) is 0 Å². The van der Waals surface area contributed by atoms with Crippen molar-refractivity contribution < 1.29 is 32.3 Å². The molecule has 9 heteroatoms. The highest BCUT2D eigenvalue weighted by Crippen LogP contribution is 2.33. The molecule has 0 radical (unpaired) electrons. The highest BCUT2D eigenvalue weighted by molar-refractivity contribution is 6.12. The van der Waals surface area contributed by atoms with E-state index in [1.807, 2.05) is 0 Å². The Labute approximate surface area is 114 Å². The number of rotatable bonds is 2. The van der Waals surface area contributed by atoms with E-state index >= 15 is 0 Å². The molecule has 1 aromatic carbocycles. The van der Waals surface area contributed by atoms with Crippen LogP contribution in [0.2, 0.25) is 0 Å². The standard InChI is InChI=1S/C12H8F4N2O3/c1-18-6-4-2-3-5(13)7(6)8(9(18)10(19)20)17-11(21)12(14,15)16/h2-4H,1H3,(H,17,21)(H,19,20). The molecule has 0 saturated heterocycles. The fraction of sp³-hybridized carbons (Fsp3) is 0.167. The minimum atomic E-state index is -5.22. The number of carbonyl (C=O) groups excluding carboxylic acids is 1. The number of aromatic nitrogens is 1.